The standard InChI is InChI=1S/C15H13BrCl3N/c1-2-20-15(9-3-5-12(17)11(16)7-9)10-4-6-13(18)14(19)8-10/h3-8,15,20H,2H2,1H3. The molecule has 1 N–H and O–H groups in total. The van der Waals surface area contributed by atoms with E-state index in [9.17, 15) is 0 Å². The Bertz CT molecular complexity index is 565. The summed E-state index contributed by atoms with van der Waals surface area (Å²) in [5.74, 6) is 0. The van der Waals surface area contributed by atoms with Crippen molar-refractivity contribution in [2.45, 2.75) is 13.0 Å². The lowest BCUT2D eigenvalue weighted by Gasteiger charge is -2.20. The highest BCUT2D eigenvalue weighted by Crippen LogP contribution is 2.32. The van der Waals surface area contributed by atoms with E-state index in [0.717, 1.165) is 22.1 Å². The molecule has 0 aliphatic rings. The minimum atomic E-state index is 0.0448. The summed E-state index contributed by atoms with van der Waals surface area (Å²) in [6, 6.07) is 11.6. The molecule has 0 radical (unpaired) electrons. The molecule has 0 saturated carbocycles. The van der Waals surface area contributed by atoms with Crippen LogP contribution in [0.4, 0.5) is 0 Å². The third-order valence-electron chi connectivity index (χ3n) is 2.96. The molecule has 1 unspecified atom stereocenters. The van der Waals surface area contributed by atoms with Crippen LogP contribution in [-0.4, -0.2) is 6.54 Å². The Hall–Kier alpha value is -0.250. The summed E-state index contributed by atoms with van der Waals surface area (Å²) in [5.41, 5.74) is 2.18. The van der Waals surface area contributed by atoms with Crippen LogP contribution >= 0.6 is 50.7 Å². The Morgan fingerprint density at radius 1 is 0.950 bits per heavy atom. The van der Waals surface area contributed by atoms with Crippen LogP contribution in [0, 0.1) is 0 Å². The molecule has 2 aromatic rings. The van der Waals surface area contributed by atoms with Gasteiger partial charge in [-0.1, -0.05) is 53.9 Å². The highest BCUT2D eigenvalue weighted by Gasteiger charge is 2.15. The molecule has 0 fully saturated rings. The smallest absolute Gasteiger partial charge is 0.0595 e. The van der Waals surface area contributed by atoms with Crippen LogP contribution in [0.5, 0.6) is 0 Å². The fourth-order valence-corrected chi connectivity index (χ4v) is 2.84. The molecule has 1 atom stereocenters. The fraction of sp³-hybridized carbons (Fsp3) is 0.200. The van der Waals surface area contributed by atoms with Gasteiger partial charge in [-0.15, -0.1) is 0 Å². The molecular weight excluding hydrogens is 380 g/mol. The fourth-order valence-electron chi connectivity index (χ4n) is 2.02. The summed E-state index contributed by atoms with van der Waals surface area (Å²) >= 11 is 21.6. The van der Waals surface area contributed by atoms with E-state index in [0.29, 0.717) is 15.1 Å². The predicted molar refractivity (Wildman–Crippen MR) is 91.1 cm³/mol. The number of halogens is 4. The molecule has 2 rings (SSSR count). The van der Waals surface area contributed by atoms with Gasteiger partial charge in [0.05, 0.1) is 21.1 Å². The average molecular weight is 394 g/mol. The number of benzene rings is 2. The lowest BCUT2D eigenvalue weighted by molar-refractivity contribution is 0.630. The van der Waals surface area contributed by atoms with Crippen molar-refractivity contribution in [1.82, 2.24) is 5.32 Å². The zero-order valence-corrected chi connectivity index (χ0v) is 14.6. The van der Waals surface area contributed by atoms with Gasteiger partial charge in [0.1, 0.15) is 0 Å². The van der Waals surface area contributed by atoms with Crippen LogP contribution < -0.4 is 5.32 Å². The highest BCUT2D eigenvalue weighted by molar-refractivity contribution is 9.10. The quantitative estimate of drug-likeness (QED) is 0.661. The van der Waals surface area contributed by atoms with Crippen molar-refractivity contribution in [2.75, 3.05) is 6.54 Å². The van der Waals surface area contributed by atoms with E-state index in [2.05, 4.69) is 28.2 Å². The molecule has 20 heavy (non-hydrogen) atoms. The third-order valence-corrected chi connectivity index (χ3v) is 4.92. The first-order chi connectivity index (χ1) is 9.52. The number of rotatable bonds is 4. The second-order valence-corrected chi connectivity index (χ2v) is 6.41. The van der Waals surface area contributed by atoms with Crippen LogP contribution in [0.25, 0.3) is 0 Å². The second-order valence-electron chi connectivity index (χ2n) is 4.34. The van der Waals surface area contributed by atoms with Gasteiger partial charge in [0.2, 0.25) is 0 Å². The lowest BCUT2D eigenvalue weighted by Crippen LogP contribution is -2.22. The molecule has 0 aliphatic heterocycles. The van der Waals surface area contributed by atoms with Gasteiger partial charge < -0.3 is 5.32 Å². The van der Waals surface area contributed by atoms with Gasteiger partial charge in [0.25, 0.3) is 0 Å². The van der Waals surface area contributed by atoms with E-state index in [1.807, 2.05) is 36.4 Å². The zero-order valence-electron chi connectivity index (χ0n) is 10.8. The van der Waals surface area contributed by atoms with Gasteiger partial charge in [0.15, 0.2) is 0 Å². The van der Waals surface area contributed by atoms with E-state index in [4.69, 9.17) is 34.8 Å². The summed E-state index contributed by atoms with van der Waals surface area (Å²) in [4.78, 5) is 0. The molecule has 0 bridgehead atoms. The minimum absolute atomic E-state index is 0.0448. The Morgan fingerprint density at radius 2 is 1.55 bits per heavy atom. The SMILES string of the molecule is CCNC(c1ccc(Cl)c(Cl)c1)c1ccc(Cl)c(Br)c1. The Balaban J connectivity index is 2.44. The molecular formula is C15H13BrCl3N. The van der Waals surface area contributed by atoms with Crippen molar-refractivity contribution in [3.05, 3.63) is 67.1 Å². The minimum Gasteiger partial charge on any atom is -0.307 e. The third kappa shape index (κ3) is 3.69. The summed E-state index contributed by atoms with van der Waals surface area (Å²) in [5, 5.41) is 5.25. The Kier molecular flexibility index (Phi) is 5.76. The maximum Gasteiger partial charge on any atom is 0.0595 e. The first-order valence-electron chi connectivity index (χ1n) is 6.16. The van der Waals surface area contributed by atoms with Gasteiger partial charge >= 0.3 is 0 Å². The number of hydrogen-bond donors (Lipinski definition) is 1. The van der Waals surface area contributed by atoms with E-state index >= 15 is 0 Å². The maximum absolute atomic E-state index is 6.11. The number of hydrogen-bond acceptors (Lipinski definition) is 1. The van der Waals surface area contributed by atoms with Gasteiger partial charge in [0, 0.05) is 4.47 Å². The van der Waals surface area contributed by atoms with Crippen molar-refractivity contribution < 1.29 is 0 Å². The number of nitrogens with one attached hydrogen (secondary N) is 1. The van der Waals surface area contributed by atoms with Crippen molar-refractivity contribution in [2.24, 2.45) is 0 Å². The summed E-state index contributed by atoms with van der Waals surface area (Å²) in [6.45, 7) is 2.90. The first-order valence-corrected chi connectivity index (χ1v) is 8.09. The first kappa shape index (κ1) is 16.1. The van der Waals surface area contributed by atoms with Gasteiger partial charge in [-0.25, -0.2) is 0 Å². The van der Waals surface area contributed by atoms with E-state index in [1.165, 1.54) is 0 Å². The van der Waals surface area contributed by atoms with E-state index in [1.54, 1.807) is 0 Å². The molecule has 106 valence electrons. The molecule has 1 nitrogen and oxygen atoms in total. The molecule has 0 heterocycles. The molecule has 0 aliphatic carbocycles. The van der Waals surface area contributed by atoms with Crippen molar-refractivity contribution in [1.29, 1.82) is 0 Å². The molecule has 5 heteroatoms. The van der Waals surface area contributed by atoms with Gasteiger partial charge in [-0.05, 0) is 57.9 Å². The van der Waals surface area contributed by atoms with Crippen LogP contribution in [-0.2, 0) is 0 Å². The second kappa shape index (κ2) is 7.15. The Labute approximate surface area is 142 Å². The summed E-state index contributed by atoms with van der Waals surface area (Å²) < 4.78 is 0.875. The topological polar surface area (TPSA) is 12.0 Å². The molecule has 0 spiro atoms. The predicted octanol–water partition coefficient (Wildman–Crippen LogP) is 6.11. The van der Waals surface area contributed by atoms with Gasteiger partial charge in [-0.3, -0.25) is 0 Å². The van der Waals surface area contributed by atoms with E-state index in [-0.39, 0.29) is 6.04 Å². The summed E-state index contributed by atoms with van der Waals surface area (Å²) in [6.07, 6.45) is 0. The molecule has 2 aromatic carbocycles. The van der Waals surface area contributed by atoms with Gasteiger partial charge in [-0.2, -0.15) is 0 Å². The molecule has 0 saturated heterocycles. The van der Waals surface area contributed by atoms with Crippen LogP contribution in [0.1, 0.15) is 24.1 Å². The normalized spacial score (nSPS) is 12.4. The molecule has 0 aromatic heterocycles. The highest BCUT2D eigenvalue weighted by atomic mass is 79.9. The monoisotopic (exact) mass is 391 g/mol. The lowest BCUT2D eigenvalue weighted by atomic mass is 9.99. The zero-order chi connectivity index (χ0) is 14.7. The van der Waals surface area contributed by atoms with Crippen molar-refractivity contribution >= 4 is 50.7 Å². The Morgan fingerprint density at radius 3 is 2.10 bits per heavy atom. The van der Waals surface area contributed by atoms with E-state index < -0.39 is 0 Å². The van der Waals surface area contributed by atoms with Crippen LogP contribution in [0.15, 0.2) is 40.9 Å². The average Bonchev–Trinajstić information content (AvgIpc) is 2.43. The van der Waals surface area contributed by atoms with Crippen molar-refractivity contribution in [3.8, 4) is 0 Å². The maximum atomic E-state index is 6.11. The molecule has 0 amide bonds. The summed E-state index contributed by atoms with van der Waals surface area (Å²) in [7, 11) is 0. The van der Waals surface area contributed by atoms with Crippen LogP contribution in [0.3, 0.4) is 0 Å². The van der Waals surface area contributed by atoms with Crippen molar-refractivity contribution in [3.63, 3.8) is 0 Å². The van der Waals surface area contributed by atoms with Crippen LogP contribution in [0.2, 0.25) is 15.1 Å². The largest absolute Gasteiger partial charge is 0.307 e.